The van der Waals surface area contributed by atoms with Crippen LogP contribution >= 0.6 is 0 Å². The highest BCUT2D eigenvalue weighted by atomic mass is 16.4. The van der Waals surface area contributed by atoms with Gasteiger partial charge in [-0.05, 0) is 234 Å². The van der Waals surface area contributed by atoms with Crippen LogP contribution in [-0.2, 0) is 51.9 Å². The van der Waals surface area contributed by atoms with Crippen molar-refractivity contribution in [2.24, 2.45) is 23.7 Å². The van der Waals surface area contributed by atoms with Crippen LogP contribution in [0.1, 0.15) is 90.5 Å². The molecule has 0 aliphatic heterocycles. The van der Waals surface area contributed by atoms with E-state index in [0.717, 1.165) is 87.0 Å². The highest BCUT2D eigenvalue weighted by Gasteiger charge is 2.21. The van der Waals surface area contributed by atoms with Crippen LogP contribution in [0.4, 0.5) is 0 Å². The van der Waals surface area contributed by atoms with Crippen LogP contribution in [0.2, 0.25) is 0 Å². The van der Waals surface area contributed by atoms with E-state index in [4.69, 9.17) is 8.83 Å². The van der Waals surface area contributed by atoms with Gasteiger partial charge in [-0.25, -0.2) is 0 Å². The Morgan fingerprint density at radius 1 is 0.235 bits per heavy atom. The summed E-state index contributed by atoms with van der Waals surface area (Å²) in [5.74, 6) is 3.93. The molecule has 102 heavy (non-hydrogen) atoms. The molecule has 0 atom stereocenters. The van der Waals surface area contributed by atoms with Gasteiger partial charge in [-0.1, -0.05) is 159 Å². The molecule has 17 rings (SSSR count). The summed E-state index contributed by atoms with van der Waals surface area (Å²) in [7, 11) is 0. The lowest BCUT2D eigenvalue weighted by atomic mass is 9.99. The molecular formula is C92H86N8O2. The molecule has 0 radical (unpaired) electrons. The van der Waals surface area contributed by atoms with E-state index in [0.29, 0.717) is 47.2 Å². The second kappa shape index (κ2) is 26.8. The third-order valence-corrected chi connectivity index (χ3v) is 20.7. The number of rotatable bonds is 22. The van der Waals surface area contributed by atoms with Crippen molar-refractivity contribution in [3.8, 4) is 68.1 Å². The lowest BCUT2D eigenvalue weighted by molar-refractivity contribution is 0.545. The van der Waals surface area contributed by atoms with E-state index in [2.05, 4.69) is 300 Å². The zero-order chi connectivity index (χ0) is 69.3. The van der Waals surface area contributed by atoms with Gasteiger partial charge in [0.1, 0.15) is 0 Å². The summed E-state index contributed by atoms with van der Waals surface area (Å²) in [6.07, 6.45) is 5.94. The second-order valence-electron chi connectivity index (χ2n) is 30.2. The minimum absolute atomic E-state index is 0.422. The van der Waals surface area contributed by atoms with E-state index < -0.39 is 0 Å². The lowest BCUT2D eigenvalue weighted by Gasteiger charge is -2.11. The van der Waals surface area contributed by atoms with E-state index in [-0.39, 0.29) is 0 Å². The number of fused-ring (bicyclic) bond motifs is 12. The Hall–Kier alpha value is -11.1. The first-order chi connectivity index (χ1) is 49.8. The van der Waals surface area contributed by atoms with Gasteiger partial charge in [0.2, 0.25) is 23.6 Å². The first-order valence-corrected chi connectivity index (χ1v) is 36.9. The smallest absolute Gasteiger partial charge is 0.248 e. The quantitative estimate of drug-likeness (QED) is 0.0671. The van der Waals surface area contributed by atoms with Crippen molar-refractivity contribution in [1.29, 1.82) is 0 Å². The molecule has 0 saturated heterocycles. The molecule has 0 amide bonds. The van der Waals surface area contributed by atoms with Crippen LogP contribution in [0.15, 0.2) is 239 Å². The van der Waals surface area contributed by atoms with Crippen molar-refractivity contribution >= 4 is 87.2 Å². The number of aryl methyl sites for hydroxylation is 4. The second-order valence-corrected chi connectivity index (χ2v) is 30.2. The van der Waals surface area contributed by atoms with Crippen molar-refractivity contribution in [2.45, 2.75) is 120 Å². The van der Waals surface area contributed by atoms with Crippen LogP contribution in [-0.4, -0.2) is 38.7 Å². The topological polar surface area (TPSA) is 97.6 Å². The summed E-state index contributed by atoms with van der Waals surface area (Å²) >= 11 is 0. The fraction of sp³-hybridized carbons (Fsp3) is 0.239. The van der Waals surface area contributed by atoms with Crippen molar-refractivity contribution < 1.29 is 8.83 Å². The molecule has 11 aromatic carbocycles. The fourth-order valence-corrected chi connectivity index (χ4v) is 16.0. The first-order valence-electron chi connectivity index (χ1n) is 36.9. The van der Waals surface area contributed by atoms with Crippen LogP contribution in [0.5, 0.6) is 0 Å². The van der Waals surface area contributed by atoms with Crippen molar-refractivity contribution in [3.05, 3.63) is 253 Å². The maximum absolute atomic E-state index is 6.33. The van der Waals surface area contributed by atoms with E-state index in [1.807, 2.05) is 24.3 Å². The first kappa shape index (κ1) is 64.3. The molecule has 0 N–H and O–H groups in total. The Morgan fingerprint density at radius 3 is 0.843 bits per heavy atom. The molecule has 0 unspecified atom stereocenters. The molecular weight excluding hydrogens is 1250 g/mol. The van der Waals surface area contributed by atoms with E-state index >= 15 is 0 Å². The molecule has 6 heterocycles. The van der Waals surface area contributed by atoms with Crippen LogP contribution < -0.4 is 0 Å². The maximum Gasteiger partial charge on any atom is 0.248 e. The maximum atomic E-state index is 6.33. The van der Waals surface area contributed by atoms with E-state index in [1.54, 1.807) is 0 Å². The van der Waals surface area contributed by atoms with Crippen molar-refractivity contribution in [2.75, 3.05) is 0 Å². The highest BCUT2D eigenvalue weighted by Crippen LogP contribution is 2.41. The normalized spacial score (nSPS) is 12.3. The summed E-state index contributed by atoms with van der Waals surface area (Å²) in [6.45, 7) is 22.4. The molecule has 0 aliphatic rings. The number of benzene rings is 11. The van der Waals surface area contributed by atoms with Gasteiger partial charge >= 0.3 is 0 Å². The molecule has 10 heteroatoms. The Morgan fingerprint density at radius 2 is 0.500 bits per heavy atom. The van der Waals surface area contributed by atoms with Crippen molar-refractivity contribution in [1.82, 2.24) is 38.7 Å². The SMILES string of the molecule is CC(C)Cn1c2ccccc2c2cc(-c3ccc4c(c3)c3cc(CCCc5ccc(-c6nnc(-c7cccc(-c8nnc(-c9ccc(CCCc%10ccc%11c(c%10)c%10cc(-c%12ccc%13c(c%12)c%12ccccc%12n%13CC(C)C)ccc%10n%11CC(C)C)cc9)o8)c7)o6)cc5)ccc3n4CC(C)C)ccc21. The molecule has 6 aromatic heterocycles. The van der Waals surface area contributed by atoms with Gasteiger partial charge in [0, 0.05) is 136 Å². The predicted octanol–water partition coefficient (Wildman–Crippen LogP) is 23.9. The van der Waals surface area contributed by atoms with Gasteiger partial charge in [0.15, 0.2) is 0 Å². The molecule has 0 spiro atoms. The third-order valence-electron chi connectivity index (χ3n) is 20.7. The summed E-state index contributed by atoms with van der Waals surface area (Å²) in [6, 6.07) is 85.3. The third kappa shape index (κ3) is 12.2. The standard InChI is InChI=1S/C92H86N8O2/c1-57(2)53-97-81-24-11-9-22-73(81)77-49-67(36-42-85(77)97)69-38-44-87-79(51-69)75-46-63(30-40-83(75)99(87)55-59(5)6)18-13-16-61-26-32-65(33-27-61)89-93-95-91(101-89)71-20-15-21-72(48-71)92-96-94-90(102-92)66-34-28-62(29-35-66)17-14-19-64-31-41-84-76(47-64)80-52-70(39-45-88(80)100(84)56-60(7)8)68-37-43-86-78(50-68)74-23-10-12-25-82(74)98(86)54-58(3)4/h9-12,15,20-52,57-60H,13-14,16-19,53-56H2,1-8H3. The lowest BCUT2D eigenvalue weighted by Crippen LogP contribution is -2.03. The number of para-hydroxylation sites is 2. The summed E-state index contributed by atoms with van der Waals surface area (Å²) < 4.78 is 22.7. The Balaban J connectivity index is 0.530. The number of aromatic nitrogens is 8. The van der Waals surface area contributed by atoms with Crippen LogP contribution in [0.3, 0.4) is 0 Å². The molecule has 0 saturated carbocycles. The van der Waals surface area contributed by atoms with Crippen LogP contribution in [0.25, 0.3) is 155 Å². The molecule has 0 bridgehead atoms. The fourth-order valence-electron chi connectivity index (χ4n) is 16.0. The average Bonchev–Trinajstić information content (AvgIpc) is 1.60. The average molecular weight is 1340 g/mol. The molecule has 0 aliphatic carbocycles. The van der Waals surface area contributed by atoms with Crippen LogP contribution in [0, 0.1) is 23.7 Å². The molecule has 17 aromatic rings. The Kier molecular flexibility index (Phi) is 16.9. The monoisotopic (exact) mass is 1330 g/mol. The van der Waals surface area contributed by atoms with E-state index in [1.165, 1.54) is 132 Å². The molecule has 506 valence electrons. The van der Waals surface area contributed by atoms with Gasteiger partial charge in [-0.2, -0.15) is 0 Å². The van der Waals surface area contributed by atoms with Gasteiger partial charge in [0.05, 0.1) is 0 Å². The minimum atomic E-state index is 0.422. The number of hydrogen-bond acceptors (Lipinski definition) is 6. The van der Waals surface area contributed by atoms with Gasteiger partial charge in [-0.15, -0.1) is 20.4 Å². The summed E-state index contributed by atoms with van der Waals surface area (Å²) in [5, 5.41) is 28.5. The van der Waals surface area contributed by atoms with Crippen molar-refractivity contribution in [3.63, 3.8) is 0 Å². The Bertz CT molecular complexity index is 5620. The van der Waals surface area contributed by atoms with Gasteiger partial charge < -0.3 is 27.1 Å². The Labute approximate surface area is 595 Å². The number of hydrogen-bond donors (Lipinski definition) is 0. The number of nitrogens with zero attached hydrogens (tertiary/aromatic N) is 8. The van der Waals surface area contributed by atoms with Gasteiger partial charge in [-0.3, -0.25) is 0 Å². The summed E-state index contributed by atoms with van der Waals surface area (Å²) in [5.41, 5.74) is 24.0. The van der Waals surface area contributed by atoms with E-state index in [9.17, 15) is 0 Å². The summed E-state index contributed by atoms with van der Waals surface area (Å²) in [4.78, 5) is 0. The zero-order valence-electron chi connectivity index (χ0n) is 59.7. The zero-order valence-corrected chi connectivity index (χ0v) is 59.7. The largest absolute Gasteiger partial charge is 0.416 e. The van der Waals surface area contributed by atoms with Gasteiger partial charge in [0.25, 0.3) is 0 Å². The predicted molar refractivity (Wildman–Crippen MR) is 423 cm³/mol. The minimum Gasteiger partial charge on any atom is -0.416 e. The molecule has 0 fully saturated rings. The highest BCUT2D eigenvalue weighted by molar-refractivity contribution is 6.13. The molecule has 10 nitrogen and oxygen atoms in total.